The van der Waals surface area contributed by atoms with Crippen molar-refractivity contribution < 1.29 is 14.4 Å². The van der Waals surface area contributed by atoms with Crippen LogP contribution in [0.15, 0.2) is 42.5 Å². The van der Waals surface area contributed by atoms with Crippen molar-refractivity contribution in [1.29, 1.82) is 0 Å². The molecule has 0 fully saturated rings. The molecule has 3 amide bonds. The largest absolute Gasteiger partial charge is 0.324 e. The van der Waals surface area contributed by atoms with E-state index in [0.717, 1.165) is 10.5 Å². The highest BCUT2D eigenvalue weighted by atomic mass is 35.5. The molecular weight excluding hydrogens is 328 g/mol. The van der Waals surface area contributed by atoms with Crippen LogP contribution in [0.1, 0.15) is 33.2 Å². The molecule has 122 valence electrons. The second-order valence-electron chi connectivity index (χ2n) is 5.65. The van der Waals surface area contributed by atoms with Crippen molar-refractivity contribution in [1.82, 2.24) is 4.90 Å². The third-order valence-corrected chi connectivity index (χ3v) is 4.27. The number of amides is 3. The molecule has 2 aromatic carbocycles. The van der Waals surface area contributed by atoms with Gasteiger partial charge in [-0.2, -0.15) is 0 Å². The summed E-state index contributed by atoms with van der Waals surface area (Å²) in [5, 5.41) is 3.31. The molecule has 0 saturated carbocycles. The topological polar surface area (TPSA) is 66.5 Å². The normalized spacial score (nSPS) is 14.5. The van der Waals surface area contributed by atoms with E-state index in [4.69, 9.17) is 11.6 Å². The molecule has 2 aromatic rings. The average Bonchev–Trinajstić information content (AvgIpc) is 2.81. The molecule has 0 spiro atoms. The molecule has 1 aliphatic rings. The molecule has 1 atom stereocenters. The Kier molecular flexibility index (Phi) is 4.11. The van der Waals surface area contributed by atoms with Crippen LogP contribution in [0.2, 0.25) is 5.02 Å². The Hall–Kier alpha value is -2.66. The van der Waals surface area contributed by atoms with E-state index in [-0.39, 0.29) is 0 Å². The van der Waals surface area contributed by atoms with Crippen molar-refractivity contribution >= 4 is 35.0 Å². The smallest absolute Gasteiger partial charge is 0.262 e. The van der Waals surface area contributed by atoms with Crippen molar-refractivity contribution in [3.63, 3.8) is 0 Å². The lowest BCUT2D eigenvalue weighted by molar-refractivity contribution is -0.119. The van der Waals surface area contributed by atoms with Gasteiger partial charge in [-0.1, -0.05) is 23.7 Å². The van der Waals surface area contributed by atoms with Crippen LogP contribution in [-0.2, 0) is 4.79 Å². The van der Waals surface area contributed by atoms with Gasteiger partial charge in [-0.3, -0.25) is 19.3 Å². The Balaban J connectivity index is 1.82. The van der Waals surface area contributed by atoms with Gasteiger partial charge in [-0.05, 0) is 49.7 Å². The van der Waals surface area contributed by atoms with Gasteiger partial charge in [0.15, 0.2) is 0 Å². The molecule has 5 nitrogen and oxygen atoms in total. The van der Waals surface area contributed by atoms with Crippen LogP contribution in [0.25, 0.3) is 0 Å². The number of hydrogen-bond donors (Lipinski definition) is 1. The van der Waals surface area contributed by atoms with E-state index in [1.807, 2.05) is 6.92 Å². The van der Waals surface area contributed by atoms with Crippen molar-refractivity contribution in [2.45, 2.75) is 19.9 Å². The van der Waals surface area contributed by atoms with Crippen LogP contribution >= 0.6 is 11.6 Å². The minimum Gasteiger partial charge on any atom is -0.324 e. The van der Waals surface area contributed by atoms with Crippen molar-refractivity contribution in [3.8, 4) is 0 Å². The molecule has 0 saturated heterocycles. The van der Waals surface area contributed by atoms with Gasteiger partial charge in [-0.25, -0.2) is 0 Å². The summed E-state index contributed by atoms with van der Waals surface area (Å²) in [6, 6.07) is 10.7. The third kappa shape index (κ3) is 2.67. The van der Waals surface area contributed by atoms with Gasteiger partial charge in [0.2, 0.25) is 5.91 Å². The van der Waals surface area contributed by atoms with Gasteiger partial charge in [0, 0.05) is 10.7 Å². The highest BCUT2D eigenvalue weighted by molar-refractivity contribution is 6.30. The number of rotatable bonds is 3. The van der Waals surface area contributed by atoms with E-state index in [1.54, 1.807) is 42.5 Å². The Labute approximate surface area is 144 Å². The van der Waals surface area contributed by atoms with E-state index in [0.29, 0.717) is 21.8 Å². The predicted octanol–water partition coefficient (Wildman–Crippen LogP) is 3.27. The van der Waals surface area contributed by atoms with E-state index >= 15 is 0 Å². The maximum absolute atomic E-state index is 12.5. The lowest BCUT2D eigenvalue weighted by atomic mass is 10.1. The molecule has 1 heterocycles. The Bertz CT molecular complexity index is 828. The number of nitrogens with zero attached hydrogens (tertiary/aromatic N) is 1. The number of benzene rings is 2. The van der Waals surface area contributed by atoms with Crippen molar-refractivity contribution in [2.24, 2.45) is 0 Å². The molecule has 0 bridgehead atoms. The van der Waals surface area contributed by atoms with Gasteiger partial charge in [0.05, 0.1) is 11.1 Å². The summed E-state index contributed by atoms with van der Waals surface area (Å²) >= 11 is 5.90. The fourth-order valence-electron chi connectivity index (χ4n) is 2.68. The monoisotopic (exact) mass is 342 g/mol. The van der Waals surface area contributed by atoms with Gasteiger partial charge in [0.25, 0.3) is 11.8 Å². The summed E-state index contributed by atoms with van der Waals surface area (Å²) in [6.45, 7) is 3.34. The maximum Gasteiger partial charge on any atom is 0.262 e. The highest BCUT2D eigenvalue weighted by Crippen LogP contribution is 2.25. The molecule has 0 aliphatic carbocycles. The molecule has 0 aromatic heterocycles. The first-order valence-corrected chi connectivity index (χ1v) is 7.82. The third-order valence-electron chi connectivity index (χ3n) is 4.04. The summed E-state index contributed by atoms with van der Waals surface area (Å²) in [5.74, 6) is -1.34. The van der Waals surface area contributed by atoms with Crippen LogP contribution in [-0.4, -0.2) is 28.7 Å². The fraction of sp³-hybridized carbons (Fsp3) is 0.167. The molecule has 3 rings (SSSR count). The lowest BCUT2D eigenvalue weighted by Gasteiger charge is -2.22. The SMILES string of the molecule is Cc1cc(Cl)ccc1NC(=O)[C@H](C)N1C(=O)c2ccccc2C1=O. The fourth-order valence-corrected chi connectivity index (χ4v) is 2.91. The molecule has 6 heteroatoms. The molecule has 1 aliphatic heterocycles. The van der Waals surface area contributed by atoms with Gasteiger partial charge >= 0.3 is 0 Å². The van der Waals surface area contributed by atoms with Crippen molar-refractivity contribution in [2.75, 3.05) is 5.32 Å². The van der Waals surface area contributed by atoms with Gasteiger partial charge in [-0.15, -0.1) is 0 Å². The summed E-state index contributed by atoms with van der Waals surface area (Å²) in [6.07, 6.45) is 0. The zero-order valence-electron chi connectivity index (χ0n) is 13.2. The first-order valence-electron chi connectivity index (χ1n) is 7.44. The summed E-state index contributed by atoms with van der Waals surface area (Å²) in [4.78, 5) is 38.3. The summed E-state index contributed by atoms with van der Waals surface area (Å²) < 4.78 is 0. The standard InChI is InChI=1S/C18H15ClN2O3/c1-10-9-12(19)7-8-15(10)20-16(22)11(2)21-17(23)13-5-3-4-6-14(13)18(21)24/h3-9,11H,1-2H3,(H,20,22)/t11-/m0/s1. The Morgan fingerprint density at radius 1 is 1.08 bits per heavy atom. The zero-order chi connectivity index (χ0) is 17.4. The second-order valence-corrected chi connectivity index (χ2v) is 6.09. The number of nitrogens with one attached hydrogen (secondary N) is 1. The summed E-state index contributed by atoms with van der Waals surface area (Å²) in [5.41, 5.74) is 2.04. The van der Waals surface area contributed by atoms with Crippen LogP contribution in [0.4, 0.5) is 5.69 Å². The molecule has 1 N–H and O–H groups in total. The van der Waals surface area contributed by atoms with Gasteiger partial charge < -0.3 is 5.32 Å². The number of carbonyl (C=O) groups is 3. The molecule has 24 heavy (non-hydrogen) atoms. The zero-order valence-corrected chi connectivity index (χ0v) is 13.9. The van der Waals surface area contributed by atoms with E-state index in [2.05, 4.69) is 5.32 Å². The average molecular weight is 343 g/mol. The number of halogens is 1. The van der Waals surface area contributed by atoms with Crippen LogP contribution < -0.4 is 5.32 Å². The number of hydrogen-bond acceptors (Lipinski definition) is 3. The van der Waals surface area contributed by atoms with E-state index in [9.17, 15) is 14.4 Å². The number of carbonyl (C=O) groups excluding carboxylic acids is 3. The Morgan fingerprint density at radius 2 is 1.67 bits per heavy atom. The lowest BCUT2D eigenvalue weighted by Crippen LogP contribution is -2.45. The Morgan fingerprint density at radius 3 is 2.21 bits per heavy atom. The van der Waals surface area contributed by atoms with Gasteiger partial charge in [0.1, 0.15) is 6.04 Å². The molecule has 0 radical (unpaired) electrons. The van der Waals surface area contributed by atoms with Crippen LogP contribution in [0.3, 0.4) is 0 Å². The molecule has 0 unspecified atom stereocenters. The quantitative estimate of drug-likeness (QED) is 0.870. The van der Waals surface area contributed by atoms with Crippen molar-refractivity contribution in [3.05, 3.63) is 64.2 Å². The van der Waals surface area contributed by atoms with E-state index in [1.165, 1.54) is 6.92 Å². The number of imide groups is 1. The molecular formula is C18H15ClN2O3. The second kappa shape index (κ2) is 6.09. The minimum absolute atomic E-state index is 0.324. The number of fused-ring (bicyclic) bond motifs is 1. The van der Waals surface area contributed by atoms with E-state index < -0.39 is 23.8 Å². The number of aryl methyl sites for hydroxylation is 1. The van der Waals surface area contributed by atoms with Crippen LogP contribution in [0, 0.1) is 6.92 Å². The first-order chi connectivity index (χ1) is 11.4. The first kappa shape index (κ1) is 16.2. The summed E-state index contributed by atoms with van der Waals surface area (Å²) in [7, 11) is 0. The highest BCUT2D eigenvalue weighted by Gasteiger charge is 2.40. The number of anilines is 1. The van der Waals surface area contributed by atoms with Crippen LogP contribution in [0.5, 0.6) is 0 Å². The maximum atomic E-state index is 12.5. The predicted molar refractivity (Wildman–Crippen MR) is 91.2 cm³/mol. The minimum atomic E-state index is -0.924.